The molecule has 8 heteroatoms. The number of carbonyl (C=O) groups is 1. The molecule has 0 aliphatic heterocycles. The molecular formula is C11H17N3O4S. The molecule has 0 amide bonds. The first-order valence-corrected chi connectivity index (χ1v) is 7.06. The first-order valence-electron chi connectivity index (χ1n) is 5.62. The number of aromatic nitrogens is 1. The van der Waals surface area contributed by atoms with E-state index >= 15 is 0 Å². The van der Waals surface area contributed by atoms with E-state index in [1.54, 1.807) is 13.0 Å². The Balaban J connectivity index is 2.81. The van der Waals surface area contributed by atoms with Crippen LogP contribution in [0.5, 0.6) is 0 Å². The molecule has 0 aliphatic rings. The zero-order valence-electron chi connectivity index (χ0n) is 11.0. The number of nitrogens with one attached hydrogen (secondary N) is 1. The molecule has 0 spiro atoms. The van der Waals surface area contributed by atoms with Gasteiger partial charge in [0, 0.05) is 19.3 Å². The molecule has 0 bridgehead atoms. The van der Waals surface area contributed by atoms with Crippen molar-refractivity contribution in [3.8, 4) is 0 Å². The Morgan fingerprint density at radius 1 is 1.42 bits per heavy atom. The molecule has 1 rings (SSSR count). The predicted octanol–water partition coefficient (Wildman–Crippen LogP) is 0.762. The Morgan fingerprint density at radius 2 is 2.05 bits per heavy atom. The summed E-state index contributed by atoms with van der Waals surface area (Å²) in [7, 11) is -2.47. The maximum absolute atomic E-state index is 11.9. The van der Waals surface area contributed by atoms with Crippen LogP contribution in [-0.2, 0) is 15.0 Å². The maximum atomic E-state index is 11.9. The number of nitrogens with zero attached hydrogens (tertiary/aromatic N) is 2. The SMILES string of the molecule is Cc1cc(C)nc(NS(=O)(=O)N(C)CCC(=O)O)c1. The lowest BCUT2D eigenvalue weighted by Crippen LogP contribution is -2.34. The lowest BCUT2D eigenvalue weighted by molar-refractivity contribution is -0.137. The van der Waals surface area contributed by atoms with Crippen molar-refractivity contribution in [2.75, 3.05) is 18.3 Å². The molecule has 1 aromatic heterocycles. The number of carboxylic acids is 1. The topological polar surface area (TPSA) is 99.6 Å². The molecule has 0 aromatic carbocycles. The van der Waals surface area contributed by atoms with Gasteiger partial charge in [-0.1, -0.05) is 0 Å². The zero-order valence-corrected chi connectivity index (χ0v) is 11.9. The second-order valence-electron chi connectivity index (χ2n) is 4.24. The molecule has 0 aliphatic carbocycles. The van der Waals surface area contributed by atoms with Crippen LogP contribution in [0.2, 0.25) is 0 Å². The Bertz CT molecular complexity index is 551. The van der Waals surface area contributed by atoms with E-state index in [4.69, 9.17) is 5.11 Å². The lowest BCUT2D eigenvalue weighted by atomic mass is 10.2. The number of hydrogen-bond acceptors (Lipinski definition) is 4. The lowest BCUT2D eigenvalue weighted by Gasteiger charge is -2.17. The molecule has 1 heterocycles. The van der Waals surface area contributed by atoms with E-state index in [1.165, 1.54) is 7.05 Å². The van der Waals surface area contributed by atoms with Crippen molar-refractivity contribution in [2.45, 2.75) is 20.3 Å². The minimum atomic E-state index is -3.79. The van der Waals surface area contributed by atoms with Crippen molar-refractivity contribution in [3.63, 3.8) is 0 Å². The van der Waals surface area contributed by atoms with Crippen molar-refractivity contribution < 1.29 is 18.3 Å². The molecule has 106 valence electrons. The number of pyridine rings is 1. The Morgan fingerprint density at radius 3 is 2.58 bits per heavy atom. The quantitative estimate of drug-likeness (QED) is 0.804. The monoisotopic (exact) mass is 287 g/mol. The Hall–Kier alpha value is -1.67. The first-order chi connectivity index (χ1) is 8.70. The summed E-state index contributed by atoms with van der Waals surface area (Å²) in [6.07, 6.45) is -0.252. The average Bonchev–Trinajstić information content (AvgIpc) is 2.23. The molecule has 0 unspecified atom stereocenters. The summed E-state index contributed by atoms with van der Waals surface area (Å²) < 4.78 is 27.1. The summed E-state index contributed by atoms with van der Waals surface area (Å²) in [5.41, 5.74) is 1.59. The minimum absolute atomic E-state index is 0.102. The third-order valence-corrected chi connectivity index (χ3v) is 3.85. The van der Waals surface area contributed by atoms with Gasteiger partial charge in [-0.15, -0.1) is 0 Å². The Labute approximate surface area is 112 Å². The fourth-order valence-corrected chi connectivity index (χ4v) is 2.33. The molecule has 19 heavy (non-hydrogen) atoms. The highest BCUT2D eigenvalue weighted by atomic mass is 32.2. The van der Waals surface area contributed by atoms with Crippen LogP contribution in [-0.4, -0.2) is 42.4 Å². The van der Waals surface area contributed by atoms with Gasteiger partial charge in [0.1, 0.15) is 5.82 Å². The summed E-state index contributed by atoms with van der Waals surface area (Å²) in [4.78, 5) is 14.5. The van der Waals surface area contributed by atoms with Gasteiger partial charge in [0.25, 0.3) is 0 Å². The molecule has 2 N–H and O–H groups in total. The molecule has 7 nitrogen and oxygen atoms in total. The minimum Gasteiger partial charge on any atom is -0.481 e. The molecule has 1 aromatic rings. The number of aryl methyl sites for hydroxylation is 2. The van der Waals surface area contributed by atoms with E-state index in [-0.39, 0.29) is 18.8 Å². The van der Waals surface area contributed by atoms with Crippen LogP contribution in [0.3, 0.4) is 0 Å². The first kappa shape index (κ1) is 15.4. The van der Waals surface area contributed by atoms with Crippen LogP contribution >= 0.6 is 0 Å². The van der Waals surface area contributed by atoms with Gasteiger partial charge < -0.3 is 5.11 Å². The molecule has 0 atom stereocenters. The van der Waals surface area contributed by atoms with Gasteiger partial charge >= 0.3 is 16.2 Å². The fourth-order valence-electron chi connectivity index (χ4n) is 1.48. The smallest absolute Gasteiger partial charge is 0.304 e. The number of carboxylic acid groups (broad SMARTS) is 1. The normalized spacial score (nSPS) is 11.6. The van der Waals surface area contributed by atoms with Crippen LogP contribution in [0.1, 0.15) is 17.7 Å². The van der Waals surface area contributed by atoms with Crippen LogP contribution in [0.4, 0.5) is 5.82 Å². The van der Waals surface area contributed by atoms with Gasteiger partial charge in [-0.2, -0.15) is 12.7 Å². The molecule has 0 saturated carbocycles. The molecule has 0 fully saturated rings. The van der Waals surface area contributed by atoms with E-state index in [0.717, 1.165) is 9.87 Å². The van der Waals surface area contributed by atoms with E-state index in [0.29, 0.717) is 5.69 Å². The van der Waals surface area contributed by atoms with Gasteiger partial charge in [-0.3, -0.25) is 9.52 Å². The number of hydrogen-bond donors (Lipinski definition) is 2. The largest absolute Gasteiger partial charge is 0.481 e. The van der Waals surface area contributed by atoms with E-state index < -0.39 is 16.2 Å². The highest BCUT2D eigenvalue weighted by Crippen LogP contribution is 2.12. The third-order valence-electron chi connectivity index (χ3n) is 2.38. The maximum Gasteiger partial charge on any atom is 0.304 e. The number of anilines is 1. The van der Waals surface area contributed by atoms with Crippen molar-refractivity contribution >= 4 is 22.0 Å². The van der Waals surface area contributed by atoms with Crippen molar-refractivity contribution in [1.82, 2.24) is 9.29 Å². The van der Waals surface area contributed by atoms with Gasteiger partial charge in [0.2, 0.25) is 0 Å². The van der Waals surface area contributed by atoms with Crippen molar-refractivity contribution in [1.29, 1.82) is 0 Å². The summed E-state index contributed by atoms with van der Waals surface area (Å²) in [6.45, 7) is 3.50. The second-order valence-corrected chi connectivity index (χ2v) is 6.02. The zero-order chi connectivity index (χ0) is 14.6. The highest BCUT2D eigenvalue weighted by molar-refractivity contribution is 7.90. The van der Waals surface area contributed by atoms with Crippen LogP contribution < -0.4 is 4.72 Å². The van der Waals surface area contributed by atoms with Crippen molar-refractivity contribution in [3.05, 3.63) is 23.4 Å². The van der Waals surface area contributed by atoms with E-state index in [1.807, 2.05) is 13.0 Å². The van der Waals surface area contributed by atoms with Crippen LogP contribution in [0.15, 0.2) is 12.1 Å². The summed E-state index contributed by atoms with van der Waals surface area (Å²) in [5, 5.41) is 8.54. The van der Waals surface area contributed by atoms with Gasteiger partial charge in [0.05, 0.1) is 6.42 Å². The predicted molar refractivity (Wildman–Crippen MR) is 71.1 cm³/mol. The van der Waals surface area contributed by atoms with Crippen LogP contribution in [0, 0.1) is 13.8 Å². The van der Waals surface area contributed by atoms with E-state index in [9.17, 15) is 13.2 Å². The highest BCUT2D eigenvalue weighted by Gasteiger charge is 2.19. The van der Waals surface area contributed by atoms with Gasteiger partial charge in [-0.05, 0) is 31.5 Å². The van der Waals surface area contributed by atoms with Gasteiger partial charge in [0.15, 0.2) is 0 Å². The standard InChI is InChI=1S/C11H17N3O4S/c1-8-6-9(2)12-10(7-8)13-19(17,18)14(3)5-4-11(15)16/h6-7H,4-5H2,1-3H3,(H,12,13)(H,15,16). The number of rotatable bonds is 6. The van der Waals surface area contributed by atoms with E-state index in [2.05, 4.69) is 9.71 Å². The summed E-state index contributed by atoms with van der Waals surface area (Å²) in [5.74, 6) is -0.828. The number of aliphatic carboxylic acids is 1. The molecule has 0 saturated heterocycles. The average molecular weight is 287 g/mol. The summed E-state index contributed by atoms with van der Waals surface area (Å²) in [6, 6.07) is 3.43. The van der Waals surface area contributed by atoms with Crippen molar-refractivity contribution in [2.24, 2.45) is 0 Å². The Kier molecular flexibility index (Phi) is 4.84. The molecular weight excluding hydrogens is 270 g/mol. The third kappa shape index (κ3) is 4.84. The summed E-state index contributed by atoms with van der Waals surface area (Å²) >= 11 is 0. The fraction of sp³-hybridized carbons (Fsp3) is 0.455. The van der Waals surface area contributed by atoms with Gasteiger partial charge in [-0.25, -0.2) is 4.98 Å². The van der Waals surface area contributed by atoms with Crippen LogP contribution in [0.25, 0.3) is 0 Å². The molecule has 0 radical (unpaired) electrons. The second kappa shape index (κ2) is 5.98.